The summed E-state index contributed by atoms with van der Waals surface area (Å²) in [7, 11) is 0. The highest BCUT2D eigenvalue weighted by Crippen LogP contribution is 2.55. The maximum Gasteiger partial charge on any atom is 0.0470 e. The van der Waals surface area contributed by atoms with Crippen LogP contribution in [0.3, 0.4) is 0 Å². The van der Waals surface area contributed by atoms with Crippen LogP contribution in [0.25, 0.3) is 0 Å². The van der Waals surface area contributed by atoms with Gasteiger partial charge in [0.25, 0.3) is 0 Å². The summed E-state index contributed by atoms with van der Waals surface area (Å²) in [5, 5.41) is 0. The van der Waals surface area contributed by atoms with E-state index in [0.29, 0.717) is 0 Å². The van der Waals surface area contributed by atoms with E-state index in [1.165, 1.54) is 0 Å². The second-order valence-corrected chi connectivity index (χ2v) is 10.3. The predicted molar refractivity (Wildman–Crippen MR) is 122 cm³/mol. The molecule has 2 aromatic carbocycles. The summed E-state index contributed by atoms with van der Waals surface area (Å²) in [5.41, 5.74) is 8.33. The van der Waals surface area contributed by atoms with Gasteiger partial charge in [-0.1, -0.05) is 35.4 Å². The number of hydrogen-bond acceptors (Lipinski definition) is 4. The molecule has 1 fully saturated rings. The van der Waals surface area contributed by atoms with E-state index >= 15 is 0 Å². The van der Waals surface area contributed by atoms with Crippen LogP contribution in [0.2, 0.25) is 0 Å². The van der Waals surface area contributed by atoms with Gasteiger partial charge in [-0.3, -0.25) is 8.42 Å². The molecule has 0 saturated heterocycles. The van der Waals surface area contributed by atoms with E-state index in [9.17, 15) is 17.5 Å². The summed E-state index contributed by atoms with van der Waals surface area (Å²) in [5.74, 6) is -0.0293. The van der Waals surface area contributed by atoms with Gasteiger partial charge in [-0.2, -0.15) is 0 Å². The highest BCUT2D eigenvalue weighted by molar-refractivity contribution is 7.77. The lowest BCUT2D eigenvalue weighted by molar-refractivity contribution is 0.436. The Bertz CT molecular complexity index is 913. The van der Waals surface area contributed by atoms with Crippen molar-refractivity contribution in [2.75, 3.05) is 0 Å². The van der Waals surface area contributed by atoms with Crippen LogP contribution in [-0.2, 0) is 22.5 Å². The molecule has 0 bridgehead atoms. The highest BCUT2D eigenvalue weighted by Gasteiger charge is 2.49. The molecular formula is C23H30N2O4S2-2. The first-order valence-corrected chi connectivity index (χ1v) is 12.5. The fourth-order valence-electron chi connectivity index (χ4n) is 5.29. The Hall–Kier alpha value is -1.42. The number of nitrogens with one attached hydrogen (secondary N) is 2. The maximum absolute atomic E-state index is 11.6. The van der Waals surface area contributed by atoms with Crippen molar-refractivity contribution in [1.29, 1.82) is 0 Å². The van der Waals surface area contributed by atoms with E-state index in [-0.39, 0.29) is 11.8 Å². The van der Waals surface area contributed by atoms with Gasteiger partial charge < -0.3 is 9.11 Å². The quantitative estimate of drug-likeness (QED) is 0.583. The predicted octanol–water partition coefficient (Wildman–Crippen LogP) is 3.72. The summed E-state index contributed by atoms with van der Waals surface area (Å²) in [4.78, 5) is 0. The van der Waals surface area contributed by atoms with Gasteiger partial charge in [-0.25, -0.2) is 9.44 Å². The second-order valence-electron chi connectivity index (χ2n) is 8.85. The minimum atomic E-state index is -2.44. The van der Waals surface area contributed by atoms with Gasteiger partial charge in [0, 0.05) is 34.6 Å². The van der Waals surface area contributed by atoms with Crippen molar-refractivity contribution in [3.63, 3.8) is 0 Å². The summed E-state index contributed by atoms with van der Waals surface area (Å²) in [6, 6.07) is 7.41. The average Bonchev–Trinajstić information content (AvgIpc) is 3.38. The lowest BCUT2D eigenvalue weighted by Gasteiger charge is -2.28. The second kappa shape index (κ2) is 9.60. The summed E-state index contributed by atoms with van der Waals surface area (Å²) < 4.78 is 52.0. The summed E-state index contributed by atoms with van der Waals surface area (Å²) in [6.45, 7) is 12.0. The van der Waals surface area contributed by atoms with Crippen molar-refractivity contribution < 1.29 is 17.5 Å². The fourth-order valence-corrected chi connectivity index (χ4v) is 6.29. The molecule has 0 amide bonds. The molecule has 8 heteroatoms. The zero-order chi connectivity index (χ0) is 23.0. The zero-order valence-electron chi connectivity index (χ0n) is 18.8. The summed E-state index contributed by atoms with van der Waals surface area (Å²) >= 11 is -4.87. The highest BCUT2D eigenvalue weighted by atomic mass is 32.2. The molecule has 6 atom stereocenters. The Labute approximate surface area is 190 Å². The smallest absolute Gasteiger partial charge is 0.0470 e. The van der Waals surface area contributed by atoms with Crippen molar-refractivity contribution >= 4 is 22.5 Å². The van der Waals surface area contributed by atoms with Gasteiger partial charge >= 0.3 is 0 Å². The van der Waals surface area contributed by atoms with Crippen molar-refractivity contribution in [1.82, 2.24) is 9.44 Å². The average molecular weight is 463 g/mol. The number of rotatable bonds is 8. The van der Waals surface area contributed by atoms with Crippen molar-refractivity contribution in [3.05, 3.63) is 68.8 Å². The van der Waals surface area contributed by atoms with Gasteiger partial charge in [-0.05, 0) is 93.2 Å². The van der Waals surface area contributed by atoms with Gasteiger partial charge in [0.15, 0.2) is 0 Å². The molecule has 1 aliphatic carbocycles. The van der Waals surface area contributed by atoms with E-state index in [0.717, 1.165) is 50.9 Å². The molecule has 0 aromatic heterocycles. The van der Waals surface area contributed by atoms with E-state index in [4.69, 9.17) is 0 Å². The fraction of sp³-hybridized carbons (Fsp3) is 0.478. The first-order valence-electron chi connectivity index (χ1n) is 10.4. The molecule has 0 aliphatic heterocycles. The van der Waals surface area contributed by atoms with Crippen LogP contribution >= 0.6 is 0 Å². The van der Waals surface area contributed by atoms with Crippen molar-refractivity contribution in [2.24, 2.45) is 11.8 Å². The van der Waals surface area contributed by atoms with Crippen LogP contribution in [-0.4, -0.2) is 17.5 Å². The van der Waals surface area contributed by atoms with Crippen molar-refractivity contribution in [3.8, 4) is 0 Å². The third-order valence-corrected chi connectivity index (χ3v) is 7.18. The molecule has 2 N–H and O–H groups in total. The molecule has 0 heterocycles. The van der Waals surface area contributed by atoms with E-state index < -0.39 is 34.6 Å². The van der Waals surface area contributed by atoms with Crippen LogP contribution in [0.15, 0.2) is 24.3 Å². The number of hydrogen-bond donors (Lipinski definition) is 2. The standard InChI is InChI=1S/C23H32N2O4S2/c1-12-7-14(3)20(15(4)8-12)22(24-30(26)27)18-11-19(18)23(25-31(28)29)21-16(5)9-13(2)10-17(21)6/h7-10,18-19,22-25H,11H2,1-6H3,(H,26,27)(H,28,29)/p-2. The summed E-state index contributed by atoms with van der Waals surface area (Å²) in [6.07, 6.45) is 0.725. The molecule has 31 heavy (non-hydrogen) atoms. The molecular weight excluding hydrogens is 432 g/mol. The van der Waals surface area contributed by atoms with E-state index in [1.54, 1.807) is 0 Å². The Balaban J connectivity index is 2.01. The Morgan fingerprint density at radius 2 is 1.00 bits per heavy atom. The molecule has 1 aliphatic rings. The Morgan fingerprint density at radius 1 is 0.710 bits per heavy atom. The normalized spacial score (nSPS) is 22.1. The maximum atomic E-state index is 11.6. The molecule has 0 spiro atoms. The van der Waals surface area contributed by atoms with Gasteiger partial charge in [0.2, 0.25) is 0 Å². The lowest BCUT2D eigenvalue weighted by Crippen LogP contribution is -2.31. The molecule has 170 valence electrons. The van der Waals surface area contributed by atoms with E-state index in [1.807, 2.05) is 41.5 Å². The minimum absolute atomic E-state index is 0.0147. The molecule has 0 radical (unpaired) electrons. The van der Waals surface area contributed by atoms with Crippen LogP contribution in [0, 0.1) is 53.4 Å². The van der Waals surface area contributed by atoms with Crippen LogP contribution in [0.5, 0.6) is 0 Å². The SMILES string of the molecule is Cc1cc(C)c(C(NS(=O)[O-])C2CC2C(NS(=O)[O-])c2c(C)cc(C)cc2C)c(C)c1. The first-order chi connectivity index (χ1) is 14.5. The van der Waals surface area contributed by atoms with Crippen LogP contribution in [0.4, 0.5) is 0 Å². The largest absolute Gasteiger partial charge is 0.760 e. The Morgan fingerprint density at radius 3 is 1.26 bits per heavy atom. The number of benzene rings is 2. The third kappa shape index (κ3) is 5.50. The first kappa shape index (κ1) is 24.2. The lowest BCUT2D eigenvalue weighted by atomic mass is 9.88. The number of aryl methyl sites for hydroxylation is 6. The Kier molecular flexibility index (Phi) is 7.50. The minimum Gasteiger partial charge on any atom is -0.760 e. The monoisotopic (exact) mass is 462 g/mol. The molecule has 2 aromatic rings. The molecule has 1 saturated carbocycles. The van der Waals surface area contributed by atoms with Crippen LogP contribution in [0.1, 0.15) is 63.0 Å². The molecule has 6 nitrogen and oxygen atoms in total. The topological polar surface area (TPSA) is 104 Å². The van der Waals surface area contributed by atoms with Gasteiger partial charge in [0.1, 0.15) is 0 Å². The zero-order valence-corrected chi connectivity index (χ0v) is 20.4. The molecule has 6 unspecified atom stereocenters. The third-order valence-electron chi connectivity index (χ3n) is 6.29. The van der Waals surface area contributed by atoms with Crippen LogP contribution < -0.4 is 9.44 Å². The molecule has 3 rings (SSSR count). The van der Waals surface area contributed by atoms with E-state index in [2.05, 4.69) is 33.7 Å². The van der Waals surface area contributed by atoms with Crippen molar-refractivity contribution in [2.45, 2.75) is 60.0 Å². The van der Waals surface area contributed by atoms with Gasteiger partial charge in [-0.15, -0.1) is 0 Å². The van der Waals surface area contributed by atoms with Gasteiger partial charge in [0.05, 0.1) is 0 Å².